The van der Waals surface area contributed by atoms with E-state index < -0.39 is 5.82 Å². The third-order valence-electron chi connectivity index (χ3n) is 3.35. The fourth-order valence-electron chi connectivity index (χ4n) is 2.28. The third kappa shape index (κ3) is 5.01. The molecule has 0 spiro atoms. The Labute approximate surface area is 126 Å². The summed E-state index contributed by atoms with van der Waals surface area (Å²) >= 11 is 0. The molecule has 0 aliphatic rings. The molecule has 0 bridgehead atoms. The summed E-state index contributed by atoms with van der Waals surface area (Å²) in [5.74, 6) is -0.250. The zero-order chi connectivity index (χ0) is 16.2. The number of likely N-dealkylation sites (N-methyl/N-ethyl adjacent to an activating group) is 1. The maximum atomic E-state index is 13.9. The fourth-order valence-corrected chi connectivity index (χ4v) is 2.28. The summed E-state index contributed by atoms with van der Waals surface area (Å²) in [7, 11) is 3.42. The molecular formula is C16H25FN2O2. The van der Waals surface area contributed by atoms with Crippen LogP contribution in [0.15, 0.2) is 18.2 Å². The Morgan fingerprint density at radius 3 is 2.43 bits per heavy atom. The lowest BCUT2D eigenvalue weighted by Gasteiger charge is -2.27. The van der Waals surface area contributed by atoms with Gasteiger partial charge in [-0.2, -0.15) is 0 Å². The summed E-state index contributed by atoms with van der Waals surface area (Å²) < 4.78 is 13.9. The normalized spacial score (nSPS) is 14.0. The second-order valence-electron chi connectivity index (χ2n) is 6.01. The molecule has 0 fully saturated rings. The Morgan fingerprint density at radius 2 is 1.95 bits per heavy atom. The molecule has 4 nitrogen and oxygen atoms in total. The van der Waals surface area contributed by atoms with Gasteiger partial charge < -0.3 is 10.0 Å². The van der Waals surface area contributed by atoms with Crippen LogP contribution in [0.3, 0.4) is 0 Å². The van der Waals surface area contributed by atoms with Crippen LogP contribution in [0.5, 0.6) is 5.75 Å². The number of rotatable bonds is 6. The van der Waals surface area contributed by atoms with E-state index in [0.717, 1.165) is 6.07 Å². The van der Waals surface area contributed by atoms with Crippen molar-refractivity contribution in [2.75, 3.05) is 14.1 Å². The van der Waals surface area contributed by atoms with E-state index in [1.54, 1.807) is 19.0 Å². The highest BCUT2D eigenvalue weighted by Crippen LogP contribution is 2.22. The molecular weight excluding hydrogens is 271 g/mol. The molecule has 0 aliphatic carbocycles. The van der Waals surface area contributed by atoms with Gasteiger partial charge in [0.1, 0.15) is 11.6 Å². The summed E-state index contributed by atoms with van der Waals surface area (Å²) in [6.45, 7) is 5.90. The van der Waals surface area contributed by atoms with Gasteiger partial charge >= 0.3 is 0 Å². The predicted octanol–water partition coefficient (Wildman–Crippen LogP) is 2.68. The SMILES string of the molecule is CC(C)CC(NC(C)c1ccc(O)cc1F)C(=O)N(C)C. The van der Waals surface area contributed by atoms with Crippen molar-refractivity contribution in [3.05, 3.63) is 29.6 Å². The van der Waals surface area contributed by atoms with E-state index in [1.807, 2.05) is 20.8 Å². The molecule has 2 atom stereocenters. The summed E-state index contributed by atoms with van der Waals surface area (Å²) in [5.41, 5.74) is 0.438. The summed E-state index contributed by atoms with van der Waals surface area (Å²) in [4.78, 5) is 13.8. The molecule has 0 aromatic heterocycles. The summed E-state index contributed by atoms with van der Waals surface area (Å²) in [6, 6.07) is 3.39. The topological polar surface area (TPSA) is 52.6 Å². The molecule has 1 rings (SSSR count). The number of carbonyl (C=O) groups is 1. The quantitative estimate of drug-likeness (QED) is 0.848. The molecule has 0 heterocycles. The van der Waals surface area contributed by atoms with Gasteiger partial charge in [-0.05, 0) is 25.3 Å². The van der Waals surface area contributed by atoms with Crippen LogP contribution in [-0.4, -0.2) is 36.1 Å². The van der Waals surface area contributed by atoms with E-state index in [2.05, 4.69) is 5.32 Å². The zero-order valence-corrected chi connectivity index (χ0v) is 13.4. The van der Waals surface area contributed by atoms with E-state index in [9.17, 15) is 14.3 Å². The van der Waals surface area contributed by atoms with Gasteiger partial charge in [0.15, 0.2) is 0 Å². The summed E-state index contributed by atoms with van der Waals surface area (Å²) in [5, 5.41) is 12.5. The second-order valence-corrected chi connectivity index (χ2v) is 6.01. The Hall–Kier alpha value is -1.62. The average Bonchev–Trinajstić information content (AvgIpc) is 2.36. The van der Waals surface area contributed by atoms with Gasteiger partial charge in [-0.25, -0.2) is 4.39 Å². The number of hydrogen-bond donors (Lipinski definition) is 2. The Morgan fingerprint density at radius 1 is 1.33 bits per heavy atom. The van der Waals surface area contributed by atoms with Crippen LogP contribution >= 0.6 is 0 Å². The lowest BCUT2D eigenvalue weighted by atomic mass is 10.00. The zero-order valence-electron chi connectivity index (χ0n) is 13.4. The van der Waals surface area contributed by atoms with Crippen LogP contribution < -0.4 is 5.32 Å². The highest BCUT2D eigenvalue weighted by molar-refractivity contribution is 5.81. The van der Waals surface area contributed by atoms with Crippen molar-refractivity contribution in [2.45, 2.75) is 39.3 Å². The first-order valence-electron chi connectivity index (χ1n) is 7.18. The molecule has 1 amide bonds. The number of amides is 1. The van der Waals surface area contributed by atoms with Crippen molar-refractivity contribution in [2.24, 2.45) is 5.92 Å². The molecule has 2 unspecified atom stereocenters. The van der Waals surface area contributed by atoms with Crippen molar-refractivity contribution >= 4 is 5.91 Å². The minimum Gasteiger partial charge on any atom is -0.508 e. The van der Waals surface area contributed by atoms with Crippen LogP contribution in [0.2, 0.25) is 0 Å². The third-order valence-corrected chi connectivity index (χ3v) is 3.35. The Bertz CT molecular complexity index is 489. The molecule has 0 aliphatic heterocycles. The average molecular weight is 296 g/mol. The minimum atomic E-state index is -0.476. The molecule has 0 saturated carbocycles. The van der Waals surface area contributed by atoms with Crippen molar-refractivity contribution in [1.29, 1.82) is 0 Å². The van der Waals surface area contributed by atoms with Crippen molar-refractivity contribution in [3.8, 4) is 5.75 Å². The Balaban J connectivity index is 2.89. The standard InChI is InChI=1S/C16H25FN2O2/c1-10(2)8-15(16(21)19(4)5)18-11(3)13-7-6-12(20)9-14(13)17/h6-7,9-11,15,18,20H,8H2,1-5H3. The number of benzene rings is 1. The molecule has 1 aromatic carbocycles. The smallest absolute Gasteiger partial charge is 0.239 e. The van der Waals surface area contributed by atoms with Crippen LogP contribution in [0.4, 0.5) is 4.39 Å². The largest absolute Gasteiger partial charge is 0.508 e. The molecule has 2 N–H and O–H groups in total. The van der Waals surface area contributed by atoms with Gasteiger partial charge in [0.25, 0.3) is 0 Å². The molecule has 5 heteroatoms. The molecule has 1 aromatic rings. The number of phenolic OH excluding ortho intramolecular Hbond substituents is 1. The van der Waals surface area contributed by atoms with E-state index in [-0.39, 0.29) is 23.7 Å². The van der Waals surface area contributed by atoms with E-state index in [0.29, 0.717) is 17.9 Å². The van der Waals surface area contributed by atoms with Crippen LogP contribution in [0, 0.1) is 11.7 Å². The number of halogens is 1. The monoisotopic (exact) mass is 296 g/mol. The Kier molecular flexibility index (Phi) is 6.15. The van der Waals surface area contributed by atoms with Crippen LogP contribution in [-0.2, 0) is 4.79 Å². The first kappa shape index (κ1) is 17.4. The van der Waals surface area contributed by atoms with Crippen molar-refractivity contribution in [1.82, 2.24) is 10.2 Å². The predicted molar refractivity (Wildman–Crippen MR) is 81.6 cm³/mol. The number of nitrogens with zero attached hydrogens (tertiary/aromatic N) is 1. The molecule has 21 heavy (non-hydrogen) atoms. The van der Waals surface area contributed by atoms with Gasteiger partial charge in [-0.1, -0.05) is 19.9 Å². The minimum absolute atomic E-state index is 0.0188. The van der Waals surface area contributed by atoms with Gasteiger partial charge in [-0.3, -0.25) is 10.1 Å². The van der Waals surface area contributed by atoms with E-state index in [4.69, 9.17) is 0 Å². The molecule has 118 valence electrons. The molecule has 0 saturated heterocycles. The second kappa shape index (κ2) is 7.41. The summed E-state index contributed by atoms with van der Waals surface area (Å²) in [6.07, 6.45) is 0.682. The maximum Gasteiger partial charge on any atom is 0.239 e. The van der Waals surface area contributed by atoms with E-state index >= 15 is 0 Å². The van der Waals surface area contributed by atoms with Crippen molar-refractivity contribution < 1.29 is 14.3 Å². The number of nitrogens with one attached hydrogen (secondary N) is 1. The van der Waals surface area contributed by atoms with E-state index in [1.165, 1.54) is 12.1 Å². The highest BCUT2D eigenvalue weighted by atomic mass is 19.1. The number of aromatic hydroxyl groups is 1. The van der Waals surface area contributed by atoms with Crippen LogP contribution in [0.1, 0.15) is 38.8 Å². The number of hydrogen-bond acceptors (Lipinski definition) is 3. The van der Waals surface area contributed by atoms with Gasteiger partial charge in [0, 0.05) is 31.8 Å². The first-order chi connectivity index (χ1) is 9.72. The number of phenols is 1. The van der Waals surface area contributed by atoms with Gasteiger partial charge in [0.05, 0.1) is 6.04 Å². The molecule has 0 radical (unpaired) electrons. The van der Waals surface area contributed by atoms with Gasteiger partial charge in [0.2, 0.25) is 5.91 Å². The maximum absolute atomic E-state index is 13.9. The lowest BCUT2D eigenvalue weighted by molar-refractivity contribution is -0.131. The lowest BCUT2D eigenvalue weighted by Crippen LogP contribution is -2.45. The first-order valence-corrected chi connectivity index (χ1v) is 7.18. The number of carbonyl (C=O) groups excluding carboxylic acids is 1. The van der Waals surface area contributed by atoms with Crippen molar-refractivity contribution in [3.63, 3.8) is 0 Å². The highest BCUT2D eigenvalue weighted by Gasteiger charge is 2.24. The fraction of sp³-hybridized carbons (Fsp3) is 0.562. The van der Waals surface area contributed by atoms with Gasteiger partial charge in [-0.15, -0.1) is 0 Å². The van der Waals surface area contributed by atoms with Crippen LogP contribution in [0.25, 0.3) is 0 Å².